The summed E-state index contributed by atoms with van der Waals surface area (Å²) in [5.41, 5.74) is 3.49. The van der Waals surface area contributed by atoms with Gasteiger partial charge in [0.05, 0.1) is 33.9 Å². The Morgan fingerprint density at radius 2 is 1.52 bits per heavy atom. The van der Waals surface area contributed by atoms with E-state index >= 15 is 0 Å². The highest BCUT2D eigenvalue weighted by Crippen LogP contribution is 2.39. The van der Waals surface area contributed by atoms with E-state index in [9.17, 15) is 18.4 Å². The quantitative estimate of drug-likeness (QED) is 0.304. The van der Waals surface area contributed by atoms with Crippen molar-refractivity contribution >= 4 is 21.8 Å². The fourth-order valence-corrected chi connectivity index (χ4v) is 4.23. The van der Waals surface area contributed by atoms with E-state index in [0.29, 0.717) is 33.5 Å². The van der Waals surface area contributed by atoms with E-state index in [4.69, 9.17) is 0 Å². The van der Waals surface area contributed by atoms with Crippen molar-refractivity contribution in [2.24, 2.45) is 0 Å². The number of hydrogen-bond donors (Lipinski definition) is 0. The summed E-state index contributed by atoms with van der Waals surface area (Å²) in [6.45, 7) is 3.72. The van der Waals surface area contributed by atoms with Gasteiger partial charge in [0.2, 0.25) is 0 Å². The van der Waals surface area contributed by atoms with Gasteiger partial charge in [-0.1, -0.05) is 24.3 Å². The van der Waals surface area contributed by atoms with Gasteiger partial charge in [0.25, 0.3) is 0 Å². The first kappa shape index (κ1) is 20.7. The molecule has 162 valence electrons. The molecule has 0 aliphatic heterocycles. The van der Waals surface area contributed by atoms with Gasteiger partial charge < -0.3 is 4.57 Å². The molecule has 3 aromatic carbocycles. The Labute approximate surface area is 187 Å². The van der Waals surface area contributed by atoms with E-state index in [0.717, 1.165) is 34.4 Å². The number of alkyl halides is 3. The number of hydrogen-bond acceptors (Lipinski definition) is 3. The normalized spacial score (nSPS) is 11.8. The molecule has 2 heterocycles. The molecular formula is C26H17F3N4. The number of nitriles is 1. The molecule has 0 N–H and O–H groups in total. The lowest BCUT2D eigenvalue weighted by Gasteiger charge is -2.15. The summed E-state index contributed by atoms with van der Waals surface area (Å²) in [4.78, 5) is 9.12. The third-order valence-electron chi connectivity index (χ3n) is 5.59. The molecule has 0 bridgehead atoms. The largest absolute Gasteiger partial charge is 0.416 e. The molecule has 0 aliphatic carbocycles. The van der Waals surface area contributed by atoms with Gasteiger partial charge in [0, 0.05) is 27.7 Å². The highest BCUT2D eigenvalue weighted by atomic mass is 19.4. The summed E-state index contributed by atoms with van der Waals surface area (Å²) in [7, 11) is 0. The lowest BCUT2D eigenvalue weighted by atomic mass is 10.1. The third-order valence-corrected chi connectivity index (χ3v) is 5.59. The van der Waals surface area contributed by atoms with Gasteiger partial charge in [-0.2, -0.15) is 18.4 Å². The number of para-hydroxylation sites is 1. The molecular weight excluding hydrogens is 425 g/mol. The molecule has 0 saturated heterocycles. The number of rotatable bonds is 2. The predicted octanol–water partition coefficient (Wildman–Crippen LogP) is 6.75. The maximum Gasteiger partial charge on any atom is 0.416 e. The van der Waals surface area contributed by atoms with Crippen molar-refractivity contribution in [2.45, 2.75) is 20.0 Å². The second kappa shape index (κ2) is 7.45. The molecule has 0 aliphatic rings. The minimum absolute atomic E-state index is 0.385. The standard InChI is InChI=1S/C26H17F3N4/c1-15-11-16(2)32-25(31-15)21-9-7-17(14-30)12-23(21)33-22-6-4-3-5-19(22)20-10-8-18(13-24(20)33)26(27,28)29/h3-13H,1-2H3. The van der Waals surface area contributed by atoms with Crippen LogP contribution in [0.25, 0.3) is 38.9 Å². The Bertz CT molecular complexity index is 1570. The van der Waals surface area contributed by atoms with Crippen molar-refractivity contribution in [1.29, 1.82) is 5.26 Å². The van der Waals surface area contributed by atoms with Crippen molar-refractivity contribution in [2.75, 3.05) is 0 Å². The second-order valence-electron chi connectivity index (χ2n) is 7.90. The summed E-state index contributed by atoms with van der Waals surface area (Å²) < 4.78 is 42.5. The monoisotopic (exact) mass is 442 g/mol. The molecule has 0 spiro atoms. The molecule has 0 amide bonds. The molecule has 33 heavy (non-hydrogen) atoms. The van der Waals surface area contributed by atoms with Crippen molar-refractivity contribution in [3.05, 3.63) is 89.2 Å². The Morgan fingerprint density at radius 3 is 2.21 bits per heavy atom. The predicted molar refractivity (Wildman–Crippen MR) is 121 cm³/mol. The summed E-state index contributed by atoms with van der Waals surface area (Å²) in [6.07, 6.45) is -4.48. The van der Waals surface area contributed by atoms with E-state index in [-0.39, 0.29) is 0 Å². The van der Waals surface area contributed by atoms with Crippen molar-refractivity contribution in [3.63, 3.8) is 0 Å². The van der Waals surface area contributed by atoms with Crippen LogP contribution in [0.3, 0.4) is 0 Å². The topological polar surface area (TPSA) is 54.5 Å². The van der Waals surface area contributed by atoms with Crippen LogP contribution in [0.4, 0.5) is 13.2 Å². The number of fused-ring (bicyclic) bond motifs is 3. The maximum absolute atomic E-state index is 13.6. The van der Waals surface area contributed by atoms with Gasteiger partial charge in [-0.05, 0) is 56.3 Å². The molecule has 5 aromatic rings. The number of aromatic nitrogens is 3. The van der Waals surface area contributed by atoms with Crippen LogP contribution in [0.2, 0.25) is 0 Å². The van der Waals surface area contributed by atoms with E-state index < -0.39 is 11.7 Å². The van der Waals surface area contributed by atoms with Gasteiger partial charge >= 0.3 is 6.18 Å². The molecule has 2 aromatic heterocycles. The van der Waals surface area contributed by atoms with Crippen LogP contribution < -0.4 is 0 Å². The van der Waals surface area contributed by atoms with Crippen molar-refractivity contribution in [1.82, 2.24) is 14.5 Å². The molecule has 0 radical (unpaired) electrons. The molecule has 0 atom stereocenters. The van der Waals surface area contributed by atoms with Crippen LogP contribution in [-0.2, 0) is 6.18 Å². The third kappa shape index (κ3) is 3.50. The van der Waals surface area contributed by atoms with Crippen LogP contribution in [0, 0.1) is 25.2 Å². The lowest BCUT2D eigenvalue weighted by molar-refractivity contribution is -0.137. The van der Waals surface area contributed by atoms with Gasteiger partial charge in [-0.15, -0.1) is 0 Å². The van der Waals surface area contributed by atoms with Crippen LogP contribution in [-0.4, -0.2) is 14.5 Å². The molecule has 0 fully saturated rings. The number of benzene rings is 3. The first-order valence-electron chi connectivity index (χ1n) is 10.2. The molecule has 4 nitrogen and oxygen atoms in total. The van der Waals surface area contributed by atoms with E-state index in [1.54, 1.807) is 22.8 Å². The Balaban J connectivity index is 1.93. The summed E-state index contributed by atoms with van der Waals surface area (Å²) in [6, 6.07) is 20.2. The Kier molecular flexibility index (Phi) is 4.68. The molecule has 5 rings (SSSR count). The van der Waals surface area contributed by atoms with Crippen LogP contribution >= 0.6 is 0 Å². The van der Waals surface area contributed by atoms with Gasteiger partial charge in [0.15, 0.2) is 5.82 Å². The summed E-state index contributed by atoms with van der Waals surface area (Å²) >= 11 is 0. The summed E-state index contributed by atoms with van der Waals surface area (Å²) in [5.74, 6) is 0.449. The molecule has 0 unspecified atom stereocenters. The van der Waals surface area contributed by atoms with E-state index in [1.165, 1.54) is 6.07 Å². The fourth-order valence-electron chi connectivity index (χ4n) is 4.23. The zero-order chi connectivity index (χ0) is 23.3. The average molecular weight is 442 g/mol. The smallest absolute Gasteiger partial charge is 0.308 e. The van der Waals surface area contributed by atoms with Gasteiger partial charge in [-0.25, -0.2) is 9.97 Å². The molecule has 0 saturated carbocycles. The van der Waals surface area contributed by atoms with E-state index in [1.807, 2.05) is 44.2 Å². The SMILES string of the molecule is Cc1cc(C)nc(-c2ccc(C#N)cc2-n2c3ccccc3c3ccc(C(F)(F)F)cc32)n1. The highest BCUT2D eigenvalue weighted by Gasteiger charge is 2.31. The zero-order valence-corrected chi connectivity index (χ0v) is 17.8. The Morgan fingerprint density at radius 1 is 0.818 bits per heavy atom. The average Bonchev–Trinajstić information content (AvgIpc) is 3.11. The minimum atomic E-state index is -4.48. The van der Waals surface area contributed by atoms with Crippen molar-refractivity contribution < 1.29 is 13.2 Å². The maximum atomic E-state index is 13.6. The number of aryl methyl sites for hydroxylation is 2. The first-order chi connectivity index (χ1) is 15.8. The Hall–Kier alpha value is -4.18. The van der Waals surface area contributed by atoms with Crippen LogP contribution in [0.15, 0.2) is 66.7 Å². The second-order valence-corrected chi connectivity index (χ2v) is 7.90. The minimum Gasteiger partial charge on any atom is -0.308 e. The van der Waals surface area contributed by atoms with Gasteiger partial charge in [0.1, 0.15) is 0 Å². The highest BCUT2D eigenvalue weighted by molar-refractivity contribution is 6.09. The van der Waals surface area contributed by atoms with E-state index in [2.05, 4.69) is 16.0 Å². The van der Waals surface area contributed by atoms with Crippen molar-refractivity contribution in [3.8, 4) is 23.1 Å². The number of halogens is 3. The molecule has 7 heteroatoms. The lowest BCUT2D eigenvalue weighted by Crippen LogP contribution is -2.06. The first-order valence-corrected chi connectivity index (χ1v) is 10.2. The summed E-state index contributed by atoms with van der Waals surface area (Å²) in [5, 5.41) is 11.1. The van der Waals surface area contributed by atoms with Gasteiger partial charge in [-0.3, -0.25) is 0 Å². The fraction of sp³-hybridized carbons (Fsp3) is 0.115. The zero-order valence-electron chi connectivity index (χ0n) is 17.8. The van der Waals surface area contributed by atoms with Crippen LogP contribution in [0.1, 0.15) is 22.5 Å². The number of nitrogens with zero attached hydrogens (tertiary/aromatic N) is 4. The van der Waals surface area contributed by atoms with Crippen LogP contribution in [0.5, 0.6) is 0 Å².